The summed E-state index contributed by atoms with van der Waals surface area (Å²) in [6, 6.07) is 0.958. The molecule has 0 atom stereocenters. The average molecular weight is 208 g/mol. The first-order valence-electron chi connectivity index (χ1n) is 6.83. The Morgan fingerprint density at radius 3 is 2.27 bits per heavy atom. The highest BCUT2D eigenvalue weighted by molar-refractivity contribution is 5.00. The molecule has 2 aliphatic heterocycles. The minimum Gasteiger partial charge on any atom is -0.317 e. The lowest BCUT2D eigenvalue weighted by atomic mass is 9.71. The second-order valence-corrected chi connectivity index (χ2v) is 5.95. The quantitative estimate of drug-likeness (QED) is 0.709. The van der Waals surface area contributed by atoms with Crippen LogP contribution < -0.4 is 5.32 Å². The van der Waals surface area contributed by atoms with E-state index in [0.717, 1.165) is 11.5 Å². The summed E-state index contributed by atoms with van der Waals surface area (Å²) in [6.45, 7) is 5.36. The summed E-state index contributed by atoms with van der Waals surface area (Å²) in [5.41, 5.74) is 0.739. The molecule has 1 saturated carbocycles. The van der Waals surface area contributed by atoms with Crippen molar-refractivity contribution in [2.75, 3.05) is 26.2 Å². The van der Waals surface area contributed by atoms with Gasteiger partial charge in [0.15, 0.2) is 0 Å². The normalized spacial score (nSPS) is 32.8. The van der Waals surface area contributed by atoms with Gasteiger partial charge in [-0.25, -0.2) is 0 Å². The maximum absolute atomic E-state index is 3.48. The molecule has 2 saturated heterocycles. The molecule has 86 valence electrons. The van der Waals surface area contributed by atoms with Crippen molar-refractivity contribution in [3.63, 3.8) is 0 Å². The number of hydrogen-bond acceptors (Lipinski definition) is 2. The number of nitrogens with one attached hydrogen (secondary N) is 1. The van der Waals surface area contributed by atoms with E-state index in [1.807, 2.05) is 0 Å². The summed E-state index contributed by atoms with van der Waals surface area (Å²) in [5, 5.41) is 3.48. The molecule has 0 amide bonds. The molecule has 2 heteroatoms. The third-order valence-corrected chi connectivity index (χ3v) is 4.83. The third kappa shape index (κ3) is 1.94. The zero-order valence-electron chi connectivity index (χ0n) is 9.80. The second kappa shape index (κ2) is 4.06. The number of hydrogen-bond donors (Lipinski definition) is 1. The molecule has 3 aliphatic rings. The molecule has 0 aromatic heterocycles. The SMILES string of the molecule is C1CCC(N2CC3(CCNCC3)C2)CC1. The molecule has 0 aromatic carbocycles. The Morgan fingerprint density at radius 1 is 0.933 bits per heavy atom. The maximum atomic E-state index is 3.48. The van der Waals surface area contributed by atoms with Crippen LogP contribution in [0.2, 0.25) is 0 Å². The smallest absolute Gasteiger partial charge is 0.00957 e. The van der Waals surface area contributed by atoms with E-state index in [2.05, 4.69) is 10.2 Å². The lowest BCUT2D eigenvalue weighted by Gasteiger charge is -2.56. The first kappa shape index (κ1) is 10.1. The van der Waals surface area contributed by atoms with Crippen LogP contribution in [0.5, 0.6) is 0 Å². The highest BCUT2D eigenvalue weighted by Crippen LogP contribution is 2.41. The zero-order chi connectivity index (χ0) is 10.1. The highest BCUT2D eigenvalue weighted by Gasteiger charge is 2.45. The number of likely N-dealkylation sites (tertiary alicyclic amines) is 1. The molecular weight excluding hydrogens is 184 g/mol. The van der Waals surface area contributed by atoms with Gasteiger partial charge in [0.05, 0.1) is 0 Å². The molecule has 0 aromatic rings. The lowest BCUT2D eigenvalue weighted by molar-refractivity contribution is -0.0585. The van der Waals surface area contributed by atoms with E-state index in [9.17, 15) is 0 Å². The van der Waals surface area contributed by atoms with Crippen molar-refractivity contribution in [3.8, 4) is 0 Å². The summed E-state index contributed by atoms with van der Waals surface area (Å²) in [4.78, 5) is 2.78. The third-order valence-electron chi connectivity index (χ3n) is 4.83. The minimum atomic E-state index is 0.739. The van der Waals surface area contributed by atoms with Crippen LogP contribution in [0.25, 0.3) is 0 Å². The molecule has 0 radical (unpaired) electrons. The van der Waals surface area contributed by atoms with Crippen LogP contribution in [0.15, 0.2) is 0 Å². The van der Waals surface area contributed by atoms with Gasteiger partial charge in [0.1, 0.15) is 0 Å². The van der Waals surface area contributed by atoms with Crippen LogP contribution in [0, 0.1) is 5.41 Å². The van der Waals surface area contributed by atoms with Gasteiger partial charge in [-0.2, -0.15) is 0 Å². The van der Waals surface area contributed by atoms with Gasteiger partial charge in [-0.15, -0.1) is 0 Å². The van der Waals surface area contributed by atoms with Gasteiger partial charge in [-0.05, 0) is 44.2 Å². The lowest BCUT2D eigenvalue weighted by Crippen LogP contribution is -2.62. The van der Waals surface area contributed by atoms with E-state index in [0.29, 0.717) is 0 Å². The van der Waals surface area contributed by atoms with Crippen molar-refractivity contribution in [1.82, 2.24) is 10.2 Å². The molecule has 2 heterocycles. The molecule has 0 unspecified atom stereocenters. The largest absolute Gasteiger partial charge is 0.317 e. The van der Waals surface area contributed by atoms with E-state index in [1.165, 1.54) is 71.1 Å². The highest BCUT2D eigenvalue weighted by atomic mass is 15.2. The van der Waals surface area contributed by atoms with E-state index >= 15 is 0 Å². The van der Waals surface area contributed by atoms with Gasteiger partial charge in [-0.3, -0.25) is 4.90 Å². The molecule has 2 nitrogen and oxygen atoms in total. The molecule has 1 N–H and O–H groups in total. The number of piperidine rings is 1. The summed E-state index contributed by atoms with van der Waals surface area (Å²) in [6.07, 6.45) is 10.3. The Morgan fingerprint density at radius 2 is 1.60 bits per heavy atom. The zero-order valence-corrected chi connectivity index (χ0v) is 9.80. The number of nitrogens with zero attached hydrogens (tertiary/aromatic N) is 1. The van der Waals surface area contributed by atoms with Gasteiger partial charge in [0.2, 0.25) is 0 Å². The molecule has 15 heavy (non-hydrogen) atoms. The Balaban J connectivity index is 1.51. The van der Waals surface area contributed by atoms with E-state index in [-0.39, 0.29) is 0 Å². The summed E-state index contributed by atoms with van der Waals surface area (Å²) < 4.78 is 0. The van der Waals surface area contributed by atoms with E-state index in [4.69, 9.17) is 0 Å². The first-order chi connectivity index (χ1) is 7.38. The fourth-order valence-corrected chi connectivity index (χ4v) is 3.79. The predicted octanol–water partition coefficient (Wildman–Crippen LogP) is 2.00. The van der Waals surface area contributed by atoms with Crippen LogP contribution in [-0.2, 0) is 0 Å². The summed E-state index contributed by atoms with van der Waals surface area (Å²) >= 11 is 0. The molecule has 3 fully saturated rings. The summed E-state index contributed by atoms with van der Waals surface area (Å²) in [5.74, 6) is 0. The monoisotopic (exact) mass is 208 g/mol. The molecule has 1 aliphatic carbocycles. The Bertz CT molecular complexity index is 207. The first-order valence-corrected chi connectivity index (χ1v) is 6.83. The fourth-order valence-electron chi connectivity index (χ4n) is 3.79. The molecule has 1 spiro atoms. The van der Waals surface area contributed by atoms with E-state index < -0.39 is 0 Å². The van der Waals surface area contributed by atoms with Crippen LogP contribution in [-0.4, -0.2) is 37.1 Å². The molecule has 3 rings (SSSR count). The molecular formula is C13H24N2. The Hall–Kier alpha value is -0.0800. The Kier molecular flexibility index (Phi) is 2.73. The topological polar surface area (TPSA) is 15.3 Å². The van der Waals surface area contributed by atoms with E-state index in [1.54, 1.807) is 0 Å². The standard InChI is InChI=1S/C13H24N2/c1-2-4-12(5-3-1)15-10-13(11-15)6-8-14-9-7-13/h12,14H,1-11H2. The van der Waals surface area contributed by atoms with Crippen LogP contribution >= 0.6 is 0 Å². The average Bonchev–Trinajstić information content (AvgIpc) is 2.28. The molecule has 0 bridgehead atoms. The van der Waals surface area contributed by atoms with Crippen LogP contribution in [0.1, 0.15) is 44.9 Å². The van der Waals surface area contributed by atoms with Gasteiger partial charge in [-0.1, -0.05) is 19.3 Å². The second-order valence-electron chi connectivity index (χ2n) is 5.95. The number of rotatable bonds is 1. The van der Waals surface area contributed by atoms with Crippen molar-refractivity contribution >= 4 is 0 Å². The summed E-state index contributed by atoms with van der Waals surface area (Å²) in [7, 11) is 0. The minimum absolute atomic E-state index is 0.739. The van der Waals surface area contributed by atoms with Gasteiger partial charge < -0.3 is 5.32 Å². The Labute approximate surface area is 93.4 Å². The van der Waals surface area contributed by atoms with Gasteiger partial charge in [0.25, 0.3) is 0 Å². The maximum Gasteiger partial charge on any atom is 0.00957 e. The van der Waals surface area contributed by atoms with Gasteiger partial charge >= 0.3 is 0 Å². The predicted molar refractivity (Wildman–Crippen MR) is 63.0 cm³/mol. The van der Waals surface area contributed by atoms with Gasteiger partial charge in [0, 0.05) is 19.1 Å². The van der Waals surface area contributed by atoms with Crippen molar-refractivity contribution in [2.45, 2.75) is 51.0 Å². The van der Waals surface area contributed by atoms with Crippen molar-refractivity contribution in [1.29, 1.82) is 0 Å². The van der Waals surface area contributed by atoms with Crippen molar-refractivity contribution < 1.29 is 0 Å². The van der Waals surface area contributed by atoms with Crippen molar-refractivity contribution in [3.05, 3.63) is 0 Å². The van der Waals surface area contributed by atoms with Crippen molar-refractivity contribution in [2.24, 2.45) is 5.41 Å². The van der Waals surface area contributed by atoms with Crippen LogP contribution in [0.4, 0.5) is 0 Å². The van der Waals surface area contributed by atoms with Crippen LogP contribution in [0.3, 0.4) is 0 Å². The fraction of sp³-hybridized carbons (Fsp3) is 1.00.